The number of para-hydroxylation sites is 1. The Kier molecular flexibility index (Phi) is 3.98. The first-order chi connectivity index (χ1) is 9.47. The number of ether oxygens (including phenoxy) is 1. The standard InChI is InChI=1S/C15H14FNO3/c1-10-4-3-5-11(2)15(10)20-9-12-6-13(16)8-14(7-12)17(18)19/h3-8H,9H2,1-2H3. The third-order valence-electron chi connectivity index (χ3n) is 2.95. The Morgan fingerprint density at radius 3 is 2.45 bits per heavy atom. The summed E-state index contributed by atoms with van der Waals surface area (Å²) < 4.78 is 19.0. The van der Waals surface area contributed by atoms with Gasteiger partial charge in [0.05, 0.1) is 11.0 Å². The molecule has 0 unspecified atom stereocenters. The SMILES string of the molecule is Cc1cccc(C)c1OCc1cc(F)cc([N+](=O)[O-])c1. The second-order valence-corrected chi connectivity index (χ2v) is 4.58. The van der Waals surface area contributed by atoms with Crippen molar-refractivity contribution in [1.82, 2.24) is 0 Å². The number of non-ortho nitro benzene ring substituents is 1. The van der Waals surface area contributed by atoms with Crippen LogP contribution in [0.1, 0.15) is 16.7 Å². The van der Waals surface area contributed by atoms with Gasteiger partial charge < -0.3 is 4.74 Å². The summed E-state index contributed by atoms with van der Waals surface area (Å²) in [6.45, 7) is 3.91. The number of aryl methyl sites for hydroxylation is 2. The van der Waals surface area contributed by atoms with E-state index < -0.39 is 10.7 Å². The predicted molar refractivity (Wildman–Crippen MR) is 73.3 cm³/mol. The second kappa shape index (κ2) is 5.69. The number of hydrogen-bond donors (Lipinski definition) is 0. The molecule has 0 aromatic heterocycles. The number of halogens is 1. The first-order valence-electron chi connectivity index (χ1n) is 6.10. The van der Waals surface area contributed by atoms with Crippen LogP contribution in [-0.2, 0) is 6.61 Å². The molecule has 0 aliphatic rings. The van der Waals surface area contributed by atoms with Gasteiger partial charge >= 0.3 is 0 Å². The minimum absolute atomic E-state index is 0.0876. The van der Waals surface area contributed by atoms with Crippen LogP contribution in [0.2, 0.25) is 0 Å². The van der Waals surface area contributed by atoms with Crippen molar-refractivity contribution in [2.45, 2.75) is 20.5 Å². The highest BCUT2D eigenvalue weighted by atomic mass is 19.1. The molecule has 0 amide bonds. The molecule has 0 aliphatic carbocycles. The third-order valence-corrected chi connectivity index (χ3v) is 2.95. The summed E-state index contributed by atoms with van der Waals surface area (Å²) >= 11 is 0. The molecule has 0 N–H and O–H groups in total. The molecule has 0 heterocycles. The summed E-state index contributed by atoms with van der Waals surface area (Å²) in [7, 11) is 0. The fourth-order valence-electron chi connectivity index (χ4n) is 2.00. The average molecular weight is 275 g/mol. The fourth-order valence-corrected chi connectivity index (χ4v) is 2.00. The molecular formula is C15H14FNO3. The third kappa shape index (κ3) is 3.12. The van der Waals surface area contributed by atoms with E-state index in [-0.39, 0.29) is 12.3 Å². The molecule has 2 rings (SSSR count). The van der Waals surface area contributed by atoms with Crippen molar-refractivity contribution in [2.24, 2.45) is 0 Å². The average Bonchev–Trinajstić information content (AvgIpc) is 2.37. The van der Waals surface area contributed by atoms with E-state index in [0.29, 0.717) is 5.56 Å². The van der Waals surface area contributed by atoms with Gasteiger partial charge in [0.25, 0.3) is 5.69 Å². The zero-order valence-corrected chi connectivity index (χ0v) is 11.2. The Hall–Kier alpha value is -2.43. The fraction of sp³-hybridized carbons (Fsp3) is 0.200. The van der Waals surface area contributed by atoms with Crippen LogP contribution in [0.15, 0.2) is 36.4 Å². The van der Waals surface area contributed by atoms with Gasteiger partial charge in [-0.1, -0.05) is 18.2 Å². The molecule has 2 aromatic carbocycles. The van der Waals surface area contributed by atoms with E-state index >= 15 is 0 Å². The minimum atomic E-state index is -0.640. The van der Waals surface area contributed by atoms with E-state index in [9.17, 15) is 14.5 Å². The molecular weight excluding hydrogens is 261 g/mol. The van der Waals surface area contributed by atoms with Crippen molar-refractivity contribution in [1.29, 1.82) is 0 Å². The monoisotopic (exact) mass is 275 g/mol. The number of nitro groups is 1. The molecule has 2 aromatic rings. The largest absolute Gasteiger partial charge is 0.488 e. The Labute approximate surface area is 116 Å². The molecule has 0 saturated heterocycles. The van der Waals surface area contributed by atoms with Crippen LogP contribution in [-0.4, -0.2) is 4.92 Å². The smallest absolute Gasteiger partial charge is 0.272 e. The molecule has 0 atom stereocenters. The highest BCUT2D eigenvalue weighted by Gasteiger charge is 2.11. The summed E-state index contributed by atoms with van der Waals surface area (Å²) in [6, 6.07) is 9.19. The van der Waals surface area contributed by atoms with E-state index in [1.165, 1.54) is 12.1 Å². The van der Waals surface area contributed by atoms with E-state index in [0.717, 1.165) is 22.9 Å². The van der Waals surface area contributed by atoms with E-state index in [1.54, 1.807) is 0 Å². The zero-order valence-electron chi connectivity index (χ0n) is 11.2. The summed E-state index contributed by atoms with van der Waals surface area (Å²) in [5.41, 5.74) is 2.09. The Morgan fingerprint density at radius 2 is 1.85 bits per heavy atom. The molecule has 0 aliphatic heterocycles. The van der Waals surface area contributed by atoms with Crippen molar-refractivity contribution in [3.63, 3.8) is 0 Å². The highest BCUT2D eigenvalue weighted by molar-refractivity contribution is 5.40. The summed E-state index contributed by atoms with van der Waals surface area (Å²) in [5.74, 6) is 0.0821. The molecule has 4 nitrogen and oxygen atoms in total. The van der Waals surface area contributed by atoms with Crippen molar-refractivity contribution in [2.75, 3.05) is 0 Å². The maximum absolute atomic E-state index is 13.3. The number of nitrogens with zero attached hydrogens (tertiary/aromatic N) is 1. The van der Waals surface area contributed by atoms with Crippen LogP contribution in [0, 0.1) is 29.8 Å². The Bertz CT molecular complexity index is 635. The lowest BCUT2D eigenvalue weighted by molar-refractivity contribution is -0.385. The number of nitro benzene ring substituents is 1. The van der Waals surface area contributed by atoms with Gasteiger partial charge in [0, 0.05) is 6.07 Å². The summed E-state index contributed by atoms with van der Waals surface area (Å²) in [4.78, 5) is 10.1. The van der Waals surface area contributed by atoms with Gasteiger partial charge in [-0.25, -0.2) is 4.39 Å². The molecule has 0 radical (unpaired) electrons. The van der Waals surface area contributed by atoms with Crippen LogP contribution in [0.5, 0.6) is 5.75 Å². The van der Waals surface area contributed by atoms with Crippen molar-refractivity contribution >= 4 is 5.69 Å². The lowest BCUT2D eigenvalue weighted by atomic mass is 10.1. The molecule has 0 saturated carbocycles. The van der Waals surface area contributed by atoms with Crippen molar-refractivity contribution in [3.8, 4) is 5.75 Å². The van der Waals surface area contributed by atoms with E-state index in [2.05, 4.69) is 0 Å². The van der Waals surface area contributed by atoms with Crippen molar-refractivity contribution in [3.05, 3.63) is 69.0 Å². The highest BCUT2D eigenvalue weighted by Crippen LogP contribution is 2.24. The minimum Gasteiger partial charge on any atom is -0.488 e. The lowest BCUT2D eigenvalue weighted by Crippen LogP contribution is -2.00. The molecule has 0 fully saturated rings. The lowest BCUT2D eigenvalue weighted by Gasteiger charge is -2.11. The van der Waals surface area contributed by atoms with Crippen LogP contribution in [0.4, 0.5) is 10.1 Å². The molecule has 20 heavy (non-hydrogen) atoms. The van der Waals surface area contributed by atoms with E-state index in [4.69, 9.17) is 4.74 Å². The topological polar surface area (TPSA) is 52.4 Å². The van der Waals surface area contributed by atoms with Gasteiger partial charge in [-0.15, -0.1) is 0 Å². The van der Waals surface area contributed by atoms with Gasteiger partial charge in [0.2, 0.25) is 0 Å². The summed E-state index contributed by atoms with van der Waals surface area (Å²) in [5, 5.41) is 10.7. The number of hydrogen-bond acceptors (Lipinski definition) is 3. The van der Waals surface area contributed by atoms with Gasteiger partial charge in [-0.05, 0) is 36.6 Å². The number of benzene rings is 2. The number of rotatable bonds is 4. The van der Waals surface area contributed by atoms with Crippen LogP contribution in [0.25, 0.3) is 0 Å². The van der Waals surface area contributed by atoms with Gasteiger partial charge in [-0.3, -0.25) is 10.1 Å². The first kappa shape index (κ1) is 14.0. The molecule has 0 spiro atoms. The maximum Gasteiger partial charge on any atom is 0.272 e. The van der Waals surface area contributed by atoms with Gasteiger partial charge in [-0.2, -0.15) is 0 Å². The van der Waals surface area contributed by atoms with E-state index in [1.807, 2.05) is 32.0 Å². The molecule has 0 bridgehead atoms. The normalized spacial score (nSPS) is 10.3. The van der Waals surface area contributed by atoms with Gasteiger partial charge in [0.15, 0.2) is 0 Å². The predicted octanol–water partition coefficient (Wildman–Crippen LogP) is 3.93. The Morgan fingerprint density at radius 1 is 1.20 bits per heavy atom. The van der Waals surface area contributed by atoms with Crippen molar-refractivity contribution < 1.29 is 14.1 Å². The quantitative estimate of drug-likeness (QED) is 0.627. The molecule has 104 valence electrons. The van der Waals surface area contributed by atoms with Gasteiger partial charge in [0.1, 0.15) is 18.2 Å². The molecule has 5 heteroatoms. The van der Waals surface area contributed by atoms with Crippen LogP contribution >= 0.6 is 0 Å². The second-order valence-electron chi connectivity index (χ2n) is 4.58. The van der Waals surface area contributed by atoms with Crippen LogP contribution < -0.4 is 4.74 Å². The zero-order chi connectivity index (χ0) is 14.7. The maximum atomic E-state index is 13.3. The van der Waals surface area contributed by atoms with Crippen LogP contribution in [0.3, 0.4) is 0 Å². The summed E-state index contributed by atoms with van der Waals surface area (Å²) in [6.07, 6.45) is 0. The first-order valence-corrected chi connectivity index (χ1v) is 6.10. The Balaban J connectivity index is 2.21.